The van der Waals surface area contributed by atoms with Crippen LogP contribution in [0.2, 0.25) is 0 Å². The van der Waals surface area contributed by atoms with Gasteiger partial charge >= 0.3 is 6.01 Å². The number of nitrogens with one attached hydrogen (secondary N) is 3. The summed E-state index contributed by atoms with van der Waals surface area (Å²) in [5, 5.41) is 9.24. The lowest BCUT2D eigenvalue weighted by atomic mass is 9.94. The molecule has 2 aliphatic rings. The Hall–Kier alpha value is -3.68. The molecule has 1 fully saturated rings. The maximum atomic E-state index is 12.3. The third-order valence-corrected chi connectivity index (χ3v) is 5.33. The fourth-order valence-electron chi connectivity index (χ4n) is 3.64. The van der Waals surface area contributed by atoms with E-state index >= 15 is 0 Å². The highest BCUT2D eigenvalue weighted by atomic mass is 16.5. The SMILES string of the molecule is CNc1ccc(-c2cnc(Nc3cnc(OC4CC4)nc3)cc2C)c2c1C(=O)NC2. The zero-order valence-corrected chi connectivity index (χ0v) is 16.8. The number of amides is 1. The Balaban J connectivity index is 1.39. The number of benzene rings is 1. The molecule has 1 aliphatic heterocycles. The molecular weight excluding hydrogens is 380 g/mol. The molecule has 30 heavy (non-hydrogen) atoms. The van der Waals surface area contributed by atoms with Gasteiger partial charge in [-0.1, -0.05) is 6.07 Å². The Labute approximate surface area is 174 Å². The molecule has 3 aromatic rings. The van der Waals surface area contributed by atoms with Crippen molar-refractivity contribution in [2.45, 2.75) is 32.4 Å². The largest absolute Gasteiger partial charge is 0.460 e. The van der Waals surface area contributed by atoms with Crippen LogP contribution >= 0.6 is 0 Å². The molecule has 1 amide bonds. The van der Waals surface area contributed by atoms with E-state index in [1.54, 1.807) is 12.4 Å². The van der Waals surface area contributed by atoms with E-state index in [-0.39, 0.29) is 12.0 Å². The quantitative estimate of drug-likeness (QED) is 0.581. The van der Waals surface area contributed by atoms with Crippen molar-refractivity contribution >= 4 is 23.1 Å². The van der Waals surface area contributed by atoms with Crippen molar-refractivity contribution in [3.63, 3.8) is 0 Å². The van der Waals surface area contributed by atoms with Gasteiger partial charge in [0.25, 0.3) is 5.91 Å². The zero-order chi connectivity index (χ0) is 20.7. The summed E-state index contributed by atoms with van der Waals surface area (Å²) in [6.45, 7) is 2.55. The van der Waals surface area contributed by atoms with Crippen LogP contribution in [-0.2, 0) is 6.54 Å². The Morgan fingerprint density at radius 3 is 2.60 bits per heavy atom. The zero-order valence-electron chi connectivity index (χ0n) is 16.8. The van der Waals surface area contributed by atoms with Crippen LogP contribution in [0.4, 0.5) is 17.2 Å². The first kappa shape index (κ1) is 18.4. The summed E-state index contributed by atoms with van der Waals surface area (Å²) >= 11 is 0. The number of hydrogen-bond acceptors (Lipinski definition) is 7. The number of ether oxygens (including phenoxy) is 1. The van der Waals surface area contributed by atoms with E-state index in [1.807, 2.05) is 38.4 Å². The Bertz CT molecular complexity index is 1130. The number of aromatic nitrogens is 3. The van der Waals surface area contributed by atoms with Crippen molar-refractivity contribution < 1.29 is 9.53 Å². The molecule has 0 saturated heterocycles. The molecule has 2 aromatic heterocycles. The molecule has 0 atom stereocenters. The third-order valence-electron chi connectivity index (χ3n) is 5.33. The number of hydrogen-bond donors (Lipinski definition) is 3. The van der Waals surface area contributed by atoms with Crippen LogP contribution in [0.3, 0.4) is 0 Å². The van der Waals surface area contributed by atoms with Crippen LogP contribution in [0.5, 0.6) is 6.01 Å². The highest BCUT2D eigenvalue weighted by Gasteiger charge is 2.26. The number of aryl methyl sites for hydroxylation is 1. The lowest BCUT2D eigenvalue weighted by Gasteiger charge is -2.14. The molecule has 1 aliphatic carbocycles. The number of carbonyl (C=O) groups excluding carboxylic acids is 1. The molecule has 1 saturated carbocycles. The van der Waals surface area contributed by atoms with Gasteiger partial charge in [0, 0.05) is 31.0 Å². The van der Waals surface area contributed by atoms with Gasteiger partial charge < -0.3 is 20.7 Å². The van der Waals surface area contributed by atoms with E-state index in [0.29, 0.717) is 23.9 Å². The highest BCUT2D eigenvalue weighted by molar-refractivity contribution is 6.05. The van der Waals surface area contributed by atoms with E-state index in [9.17, 15) is 4.79 Å². The number of fused-ring (bicyclic) bond motifs is 1. The second-order valence-corrected chi connectivity index (χ2v) is 7.53. The minimum atomic E-state index is -0.0470. The first-order chi connectivity index (χ1) is 14.6. The Kier molecular flexibility index (Phi) is 4.46. The van der Waals surface area contributed by atoms with Gasteiger partial charge in [-0.3, -0.25) is 4.79 Å². The molecule has 8 nitrogen and oxygen atoms in total. The molecule has 0 spiro atoms. The second-order valence-electron chi connectivity index (χ2n) is 7.53. The summed E-state index contributed by atoms with van der Waals surface area (Å²) in [6.07, 6.45) is 7.64. The van der Waals surface area contributed by atoms with Gasteiger partial charge in [-0.2, -0.15) is 0 Å². The van der Waals surface area contributed by atoms with Crippen LogP contribution in [-0.4, -0.2) is 34.0 Å². The van der Waals surface area contributed by atoms with Crippen LogP contribution in [0.25, 0.3) is 11.1 Å². The van der Waals surface area contributed by atoms with E-state index in [0.717, 1.165) is 46.5 Å². The molecule has 152 valence electrons. The maximum absolute atomic E-state index is 12.3. The lowest BCUT2D eigenvalue weighted by Crippen LogP contribution is -2.13. The predicted molar refractivity (Wildman–Crippen MR) is 114 cm³/mol. The average Bonchev–Trinajstić information content (AvgIpc) is 3.49. The van der Waals surface area contributed by atoms with Gasteiger partial charge in [-0.25, -0.2) is 15.0 Å². The number of pyridine rings is 1. The molecule has 3 heterocycles. The first-order valence-electron chi connectivity index (χ1n) is 9.97. The maximum Gasteiger partial charge on any atom is 0.316 e. The third kappa shape index (κ3) is 3.41. The van der Waals surface area contributed by atoms with Crippen molar-refractivity contribution in [1.82, 2.24) is 20.3 Å². The van der Waals surface area contributed by atoms with E-state index in [2.05, 4.69) is 30.9 Å². The standard InChI is InChI=1S/C22H22N6O2/c1-12-7-19(28-13-8-26-22(27-9-13)30-14-3-4-14)24-10-16(12)15-5-6-18(23-2)20-17(15)11-25-21(20)29/h5-10,14,23H,3-4,11H2,1-2H3,(H,24,28)(H,25,29). The first-order valence-corrected chi connectivity index (χ1v) is 9.97. The van der Waals surface area contributed by atoms with Crippen molar-refractivity contribution in [3.05, 3.63) is 53.5 Å². The van der Waals surface area contributed by atoms with E-state index < -0.39 is 0 Å². The molecule has 5 rings (SSSR count). The van der Waals surface area contributed by atoms with Crippen molar-refractivity contribution in [2.75, 3.05) is 17.7 Å². The van der Waals surface area contributed by atoms with Crippen LogP contribution in [0.15, 0.2) is 36.8 Å². The molecule has 3 N–H and O–H groups in total. The van der Waals surface area contributed by atoms with E-state index in [1.165, 1.54) is 0 Å². The number of rotatable bonds is 6. The number of anilines is 3. The van der Waals surface area contributed by atoms with Crippen molar-refractivity contribution in [3.8, 4) is 17.1 Å². The predicted octanol–water partition coefficient (Wildman–Crippen LogP) is 3.42. The lowest BCUT2D eigenvalue weighted by molar-refractivity contribution is 0.0966. The minimum absolute atomic E-state index is 0.0470. The fraction of sp³-hybridized carbons (Fsp3) is 0.273. The minimum Gasteiger partial charge on any atom is -0.460 e. The summed E-state index contributed by atoms with van der Waals surface area (Å²) in [5.74, 6) is 0.655. The smallest absolute Gasteiger partial charge is 0.316 e. The molecule has 0 bridgehead atoms. The summed E-state index contributed by atoms with van der Waals surface area (Å²) in [4.78, 5) is 25.3. The monoisotopic (exact) mass is 402 g/mol. The normalized spacial score (nSPS) is 14.8. The molecule has 8 heteroatoms. The van der Waals surface area contributed by atoms with Gasteiger partial charge in [-0.15, -0.1) is 0 Å². The highest BCUT2D eigenvalue weighted by Crippen LogP contribution is 2.35. The summed E-state index contributed by atoms with van der Waals surface area (Å²) in [5.41, 5.74) is 6.36. The van der Waals surface area contributed by atoms with Gasteiger partial charge in [0.1, 0.15) is 11.9 Å². The summed E-state index contributed by atoms with van der Waals surface area (Å²) in [7, 11) is 1.82. The van der Waals surface area contributed by atoms with Crippen molar-refractivity contribution in [2.24, 2.45) is 0 Å². The molecule has 0 unspecified atom stereocenters. The van der Waals surface area contributed by atoms with E-state index in [4.69, 9.17) is 4.74 Å². The summed E-state index contributed by atoms with van der Waals surface area (Å²) < 4.78 is 5.58. The van der Waals surface area contributed by atoms with Gasteiger partial charge in [0.15, 0.2) is 0 Å². The molecule has 1 aromatic carbocycles. The average molecular weight is 402 g/mol. The van der Waals surface area contributed by atoms with Gasteiger partial charge in [0.2, 0.25) is 0 Å². The molecule has 0 radical (unpaired) electrons. The summed E-state index contributed by atoms with van der Waals surface area (Å²) in [6, 6.07) is 6.36. The second kappa shape index (κ2) is 7.29. The topological polar surface area (TPSA) is 101 Å². The Morgan fingerprint density at radius 2 is 1.90 bits per heavy atom. The number of carbonyl (C=O) groups is 1. The Morgan fingerprint density at radius 1 is 1.10 bits per heavy atom. The fourth-order valence-corrected chi connectivity index (χ4v) is 3.64. The van der Waals surface area contributed by atoms with Crippen LogP contribution in [0.1, 0.15) is 34.3 Å². The van der Waals surface area contributed by atoms with Crippen molar-refractivity contribution in [1.29, 1.82) is 0 Å². The molecular formula is C22H22N6O2. The van der Waals surface area contributed by atoms with Gasteiger partial charge in [-0.05, 0) is 48.6 Å². The van der Waals surface area contributed by atoms with Gasteiger partial charge in [0.05, 0.1) is 23.6 Å². The van der Waals surface area contributed by atoms with Crippen LogP contribution < -0.4 is 20.7 Å². The van der Waals surface area contributed by atoms with Crippen LogP contribution in [0, 0.1) is 6.92 Å². The number of nitrogens with zero attached hydrogens (tertiary/aromatic N) is 3.